The Hall–Kier alpha value is -4.00. The predicted octanol–water partition coefficient (Wildman–Crippen LogP) is 3.56. The number of aryl methyl sites for hydroxylation is 1. The van der Waals surface area contributed by atoms with Gasteiger partial charge in [0.15, 0.2) is 11.8 Å². The van der Waals surface area contributed by atoms with Gasteiger partial charge in [-0.25, -0.2) is 4.39 Å². The fourth-order valence-electron chi connectivity index (χ4n) is 3.72. The van der Waals surface area contributed by atoms with Gasteiger partial charge >= 0.3 is 0 Å². The van der Waals surface area contributed by atoms with Crippen LogP contribution < -0.4 is 10.9 Å². The average Bonchev–Trinajstić information content (AvgIpc) is 3.20. The van der Waals surface area contributed by atoms with Crippen LogP contribution in [0.25, 0.3) is 10.9 Å². The van der Waals surface area contributed by atoms with Gasteiger partial charge < -0.3 is 10.3 Å². The van der Waals surface area contributed by atoms with Crippen LogP contribution >= 0.6 is 0 Å². The van der Waals surface area contributed by atoms with Crippen LogP contribution in [0.5, 0.6) is 0 Å². The van der Waals surface area contributed by atoms with Gasteiger partial charge in [-0.2, -0.15) is 0 Å². The first-order chi connectivity index (χ1) is 15.4. The van der Waals surface area contributed by atoms with Crippen molar-refractivity contribution in [2.45, 2.75) is 19.4 Å². The van der Waals surface area contributed by atoms with E-state index < -0.39 is 29.1 Å². The van der Waals surface area contributed by atoms with E-state index >= 15 is 0 Å². The Morgan fingerprint density at radius 1 is 1.06 bits per heavy atom. The largest absolute Gasteiger partial charge is 0.361 e. The first kappa shape index (κ1) is 21.2. The first-order valence-corrected chi connectivity index (χ1v) is 10.3. The number of para-hydroxylation sites is 1. The highest BCUT2D eigenvalue weighted by Gasteiger charge is 2.30. The van der Waals surface area contributed by atoms with Crippen molar-refractivity contribution >= 4 is 22.6 Å². The normalized spacial score (nSPS) is 11.9. The molecule has 1 atom stereocenters. The number of aromatic amines is 1. The number of pyridine rings is 1. The highest BCUT2D eigenvalue weighted by Crippen LogP contribution is 2.18. The van der Waals surface area contributed by atoms with E-state index in [0.29, 0.717) is 6.42 Å². The van der Waals surface area contributed by atoms with Crippen molar-refractivity contribution in [1.29, 1.82) is 0 Å². The van der Waals surface area contributed by atoms with Crippen LogP contribution in [0.1, 0.15) is 27.5 Å². The van der Waals surface area contributed by atoms with Gasteiger partial charge in [0.1, 0.15) is 5.82 Å². The maximum Gasteiger partial charge on any atom is 0.251 e. The van der Waals surface area contributed by atoms with Crippen molar-refractivity contribution in [2.24, 2.45) is 0 Å². The molecule has 2 heterocycles. The van der Waals surface area contributed by atoms with E-state index in [1.165, 1.54) is 24.4 Å². The molecule has 1 amide bonds. The lowest BCUT2D eigenvalue weighted by Gasteiger charge is -2.19. The molecule has 0 fully saturated rings. The summed E-state index contributed by atoms with van der Waals surface area (Å²) in [5, 5.41) is 3.85. The summed E-state index contributed by atoms with van der Waals surface area (Å²) in [6.07, 6.45) is 3.92. The van der Waals surface area contributed by atoms with E-state index in [2.05, 4.69) is 10.3 Å². The van der Waals surface area contributed by atoms with Crippen LogP contribution in [0, 0.1) is 12.7 Å². The molecule has 0 saturated heterocycles. The van der Waals surface area contributed by atoms with E-state index in [1.807, 2.05) is 30.5 Å². The van der Waals surface area contributed by atoms with E-state index in [9.17, 15) is 18.8 Å². The summed E-state index contributed by atoms with van der Waals surface area (Å²) >= 11 is 0. The van der Waals surface area contributed by atoms with Crippen molar-refractivity contribution in [3.05, 3.63) is 106 Å². The SMILES string of the molecule is Cc1ccc(=O)n(C(C(=O)NCCc2c[nH]c3ccccc23)C(=O)c2ccc(F)cc2)c1. The molecule has 2 N–H and O–H groups in total. The van der Waals surface area contributed by atoms with Gasteiger partial charge in [-0.3, -0.25) is 19.0 Å². The number of ketones is 1. The number of H-pyrrole nitrogens is 1. The molecule has 6 nitrogen and oxygen atoms in total. The number of nitrogens with one attached hydrogen (secondary N) is 2. The second-order valence-electron chi connectivity index (χ2n) is 7.63. The minimum absolute atomic E-state index is 0.150. The number of Topliss-reactive ketones (excluding diaryl/α,β-unsaturated/α-hetero) is 1. The Bertz CT molecular complexity index is 1340. The molecular formula is C25H22FN3O3. The molecule has 2 aromatic heterocycles. The van der Waals surface area contributed by atoms with E-state index in [0.717, 1.165) is 38.7 Å². The molecule has 1 unspecified atom stereocenters. The van der Waals surface area contributed by atoms with Crippen molar-refractivity contribution < 1.29 is 14.0 Å². The number of rotatable bonds is 7. The number of fused-ring (bicyclic) bond motifs is 1. The number of halogens is 1. The Labute approximate surface area is 183 Å². The van der Waals surface area contributed by atoms with Gasteiger partial charge in [-0.1, -0.05) is 24.3 Å². The molecule has 2 aromatic carbocycles. The number of carbonyl (C=O) groups excluding carboxylic acids is 2. The quantitative estimate of drug-likeness (QED) is 0.347. The zero-order valence-corrected chi connectivity index (χ0v) is 17.5. The minimum Gasteiger partial charge on any atom is -0.361 e. The Balaban J connectivity index is 1.58. The number of benzene rings is 2. The topological polar surface area (TPSA) is 84.0 Å². The third-order valence-corrected chi connectivity index (χ3v) is 5.36. The lowest BCUT2D eigenvalue weighted by molar-refractivity contribution is -0.123. The third-order valence-electron chi connectivity index (χ3n) is 5.36. The molecule has 4 aromatic rings. The van der Waals surface area contributed by atoms with Crippen LogP contribution in [0.3, 0.4) is 0 Å². The molecule has 162 valence electrons. The lowest BCUT2D eigenvalue weighted by atomic mass is 10.0. The van der Waals surface area contributed by atoms with Crippen LogP contribution in [0.2, 0.25) is 0 Å². The van der Waals surface area contributed by atoms with Gasteiger partial charge in [-0.15, -0.1) is 0 Å². The molecular weight excluding hydrogens is 409 g/mol. The van der Waals surface area contributed by atoms with Crippen molar-refractivity contribution in [3.63, 3.8) is 0 Å². The summed E-state index contributed by atoms with van der Waals surface area (Å²) in [4.78, 5) is 42.0. The molecule has 4 rings (SSSR count). The van der Waals surface area contributed by atoms with Crippen molar-refractivity contribution in [1.82, 2.24) is 14.9 Å². The predicted molar refractivity (Wildman–Crippen MR) is 120 cm³/mol. The highest BCUT2D eigenvalue weighted by atomic mass is 19.1. The van der Waals surface area contributed by atoms with Gasteiger partial charge in [-0.05, 0) is 54.8 Å². The fourth-order valence-corrected chi connectivity index (χ4v) is 3.72. The van der Waals surface area contributed by atoms with Crippen LogP contribution in [-0.4, -0.2) is 27.8 Å². The second-order valence-corrected chi connectivity index (χ2v) is 7.63. The van der Waals surface area contributed by atoms with E-state index in [1.54, 1.807) is 13.0 Å². The Morgan fingerprint density at radius 3 is 2.59 bits per heavy atom. The van der Waals surface area contributed by atoms with Crippen LogP contribution in [0.15, 0.2) is 77.9 Å². The molecule has 0 bridgehead atoms. The van der Waals surface area contributed by atoms with Gasteiger partial charge in [0.25, 0.3) is 11.5 Å². The van der Waals surface area contributed by atoms with Crippen molar-refractivity contribution in [2.75, 3.05) is 6.54 Å². The number of carbonyl (C=O) groups is 2. The third kappa shape index (κ3) is 4.37. The maximum absolute atomic E-state index is 13.3. The van der Waals surface area contributed by atoms with Gasteiger partial charge in [0, 0.05) is 41.5 Å². The molecule has 0 saturated carbocycles. The summed E-state index contributed by atoms with van der Waals surface area (Å²) in [7, 11) is 0. The standard InChI is InChI=1S/C25H22FN3O3/c1-16-6-11-22(30)29(15-16)23(24(31)17-7-9-19(26)10-8-17)25(32)27-13-12-18-14-28-21-5-3-2-4-20(18)21/h2-11,14-15,23,28H,12-13H2,1H3,(H,27,32). The lowest BCUT2D eigenvalue weighted by Crippen LogP contribution is -2.42. The van der Waals surface area contributed by atoms with E-state index in [-0.39, 0.29) is 12.1 Å². The fraction of sp³-hybridized carbons (Fsp3) is 0.160. The number of nitrogens with zero attached hydrogens (tertiary/aromatic N) is 1. The second kappa shape index (κ2) is 9.01. The van der Waals surface area contributed by atoms with Gasteiger partial charge in [0.2, 0.25) is 0 Å². The molecule has 0 radical (unpaired) electrons. The summed E-state index contributed by atoms with van der Waals surface area (Å²) in [5.74, 6) is -1.66. The number of hydrogen-bond acceptors (Lipinski definition) is 3. The van der Waals surface area contributed by atoms with Crippen LogP contribution in [0.4, 0.5) is 4.39 Å². The first-order valence-electron chi connectivity index (χ1n) is 10.3. The molecule has 0 aliphatic rings. The summed E-state index contributed by atoms with van der Waals surface area (Å²) in [6.45, 7) is 2.05. The molecule has 0 aliphatic carbocycles. The monoisotopic (exact) mass is 431 g/mol. The Kier molecular flexibility index (Phi) is 5.98. The zero-order valence-electron chi connectivity index (χ0n) is 17.5. The number of hydrogen-bond donors (Lipinski definition) is 2. The summed E-state index contributed by atoms with van der Waals surface area (Å²) < 4.78 is 14.4. The summed E-state index contributed by atoms with van der Waals surface area (Å²) in [5.41, 5.74) is 2.45. The average molecular weight is 431 g/mol. The zero-order chi connectivity index (χ0) is 22.7. The molecule has 32 heavy (non-hydrogen) atoms. The van der Waals surface area contributed by atoms with E-state index in [4.69, 9.17) is 0 Å². The van der Waals surface area contributed by atoms with Gasteiger partial charge in [0.05, 0.1) is 0 Å². The molecule has 0 spiro atoms. The molecule has 0 aliphatic heterocycles. The highest BCUT2D eigenvalue weighted by molar-refractivity contribution is 6.11. The smallest absolute Gasteiger partial charge is 0.251 e. The number of aromatic nitrogens is 2. The Morgan fingerprint density at radius 2 is 1.81 bits per heavy atom. The van der Waals surface area contributed by atoms with Crippen molar-refractivity contribution in [3.8, 4) is 0 Å². The summed E-state index contributed by atoms with van der Waals surface area (Å²) in [6, 6.07) is 14.3. The number of amides is 1. The minimum atomic E-state index is -1.39. The van der Waals surface area contributed by atoms with Crippen LogP contribution in [-0.2, 0) is 11.2 Å². The maximum atomic E-state index is 13.3. The molecule has 7 heteroatoms.